The second-order valence-electron chi connectivity index (χ2n) is 2.45. The Kier molecular flexibility index (Phi) is 2.26. The van der Waals surface area contributed by atoms with Gasteiger partial charge in [-0.05, 0) is 10.4 Å². The van der Waals surface area contributed by atoms with E-state index in [0.717, 1.165) is 16.6 Å². The van der Waals surface area contributed by atoms with Crippen LogP contribution in [-0.4, -0.2) is 30.2 Å². The largest absolute Gasteiger partial charge is 0.348 e. The molecule has 0 aliphatic rings. The number of rotatable bonds is 3. The third-order valence-electron chi connectivity index (χ3n) is 1.49. The molecule has 0 amide bonds. The van der Waals surface area contributed by atoms with Crippen LogP contribution >= 0.6 is 11.8 Å². The first-order valence-corrected chi connectivity index (χ1v) is 4.67. The van der Waals surface area contributed by atoms with E-state index in [-0.39, 0.29) is 0 Å². The highest BCUT2D eigenvalue weighted by molar-refractivity contribution is 7.98. The SMILES string of the molecule is Cn1nnnc1SCc1cnc[nH]1. The average Bonchev–Trinajstić information content (AvgIpc) is 2.72. The predicted octanol–water partition coefficient (Wildman–Crippen LogP) is 0.225. The van der Waals surface area contributed by atoms with Gasteiger partial charge < -0.3 is 4.98 Å². The smallest absolute Gasteiger partial charge is 0.209 e. The van der Waals surface area contributed by atoms with Crippen molar-refractivity contribution < 1.29 is 0 Å². The van der Waals surface area contributed by atoms with Crippen LogP contribution in [0.2, 0.25) is 0 Å². The van der Waals surface area contributed by atoms with Crippen molar-refractivity contribution in [2.24, 2.45) is 7.05 Å². The monoisotopic (exact) mass is 196 g/mol. The highest BCUT2D eigenvalue weighted by atomic mass is 32.2. The van der Waals surface area contributed by atoms with E-state index in [1.54, 1.807) is 29.0 Å². The normalized spacial score (nSPS) is 10.5. The van der Waals surface area contributed by atoms with E-state index in [1.165, 1.54) is 0 Å². The number of thioether (sulfide) groups is 1. The van der Waals surface area contributed by atoms with Crippen LogP contribution in [0.25, 0.3) is 0 Å². The lowest BCUT2D eigenvalue weighted by molar-refractivity contribution is 0.664. The molecule has 1 N–H and O–H groups in total. The van der Waals surface area contributed by atoms with Gasteiger partial charge in [-0.15, -0.1) is 5.10 Å². The van der Waals surface area contributed by atoms with E-state index in [2.05, 4.69) is 25.5 Å². The zero-order valence-corrected chi connectivity index (χ0v) is 7.82. The topological polar surface area (TPSA) is 72.3 Å². The van der Waals surface area contributed by atoms with Crippen LogP contribution < -0.4 is 0 Å². The first kappa shape index (κ1) is 8.24. The summed E-state index contributed by atoms with van der Waals surface area (Å²) in [6.07, 6.45) is 3.45. The van der Waals surface area contributed by atoms with E-state index in [4.69, 9.17) is 0 Å². The van der Waals surface area contributed by atoms with Crippen molar-refractivity contribution >= 4 is 11.8 Å². The van der Waals surface area contributed by atoms with Crippen molar-refractivity contribution in [1.82, 2.24) is 30.2 Å². The lowest BCUT2D eigenvalue weighted by Crippen LogP contribution is -1.93. The lowest BCUT2D eigenvalue weighted by Gasteiger charge is -1.95. The fourth-order valence-corrected chi connectivity index (χ4v) is 1.61. The molecule has 2 aromatic rings. The van der Waals surface area contributed by atoms with Gasteiger partial charge in [0.1, 0.15) is 0 Å². The molecule has 0 fully saturated rings. The maximum Gasteiger partial charge on any atom is 0.209 e. The molecule has 0 unspecified atom stereocenters. The summed E-state index contributed by atoms with van der Waals surface area (Å²) in [5, 5.41) is 11.9. The molecule has 0 saturated carbocycles. The Hall–Kier alpha value is -1.37. The summed E-state index contributed by atoms with van der Waals surface area (Å²) in [4.78, 5) is 6.93. The minimum absolute atomic E-state index is 0.800. The van der Waals surface area contributed by atoms with Crippen LogP contribution in [0.15, 0.2) is 17.7 Å². The van der Waals surface area contributed by atoms with E-state index in [0.29, 0.717) is 0 Å². The molecule has 0 radical (unpaired) electrons. The van der Waals surface area contributed by atoms with E-state index >= 15 is 0 Å². The summed E-state index contributed by atoms with van der Waals surface area (Å²) >= 11 is 1.57. The second kappa shape index (κ2) is 3.56. The van der Waals surface area contributed by atoms with Crippen molar-refractivity contribution in [3.63, 3.8) is 0 Å². The molecular formula is C6H8N6S. The maximum atomic E-state index is 3.92. The average molecular weight is 196 g/mol. The Morgan fingerprint density at radius 2 is 2.54 bits per heavy atom. The number of aromatic nitrogens is 6. The van der Waals surface area contributed by atoms with Crippen LogP contribution in [0.3, 0.4) is 0 Å². The van der Waals surface area contributed by atoms with Crippen LogP contribution in [0.5, 0.6) is 0 Å². The fourth-order valence-electron chi connectivity index (χ4n) is 0.849. The molecule has 0 aliphatic heterocycles. The number of imidazole rings is 1. The van der Waals surface area contributed by atoms with Crippen molar-refractivity contribution in [2.45, 2.75) is 10.9 Å². The summed E-state index contributed by atoms with van der Waals surface area (Å²) in [5.41, 5.74) is 1.06. The number of H-pyrrole nitrogens is 1. The van der Waals surface area contributed by atoms with Crippen molar-refractivity contribution in [3.8, 4) is 0 Å². The lowest BCUT2D eigenvalue weighted by atomic mass is 10.6. The molecule has 7 heteroatoms. The molecule has 0 aromatic carbocycles. The third-order valence-corrected chi connectivity index (χ3v) is 2.55. The molecule has 2 aromatic heterocycles. The van der Waals surface area contributed by atoms with Gasteiger partial charge in [-0.3, -0.25) is 0 Å². The van der Waals surface area contributed by atoms with Crippen LogP contribution in [0, 0.1) is 0 Å². The molecule has 2 heterocycles. The fraction of sp³-hybridized carbons (Fsp3) is 0.333. The minimum atomic E-state index is 0.800. The number of nitrogens with one attached hydrogen (secondary N) is 1. The second-order valence-corrected chi connectivity index (χ2v) is 3.39. The van der Waals surface area contributed by atoms with Crippen molar-refractivity contribution in [2.75, 3.05) is 0 Å². The van der Waals surface area contributed by atoms with Crippen LogP contribution in [0.1, 0.15) is 5.69 Å². The van der Waals surface area contributed by atoms with Gasteiger partial charge in [0.15, 0.2) is 0 Å². The summed E-state index contributed by atoms with van der Waals surface area (Å²) in [7, 11) is 1.81. The summed E-state index contributed by atoms with van der Waals surface area (Å²) < 4.78 is 1.64. The quantitative estimate of drug-likeness (QED) is 0.711. The van der Waals surface area contributed by atoms with Gasteiger partial charge in [-0.1, -0.05) is 11.8 Å². The predicted molar refractivity (Wildman–Crippen MR) is 46.9 cm³/mol. The van der Waals surface area contributed by atoms with E-state index < -0.39 is 0 Å². The molecule has 0 atom stereocenters. The first-order valence-electron chi connectivity index (χ1n) is 3.68. The Morgan fingerprint density at radius 1 is 1.62 bits per heavy atom. The Morgan fingerprint density at radius 3 is 3.15 bits per heavy atom. The van der Waals surface area contributed by atoms with Gasteiger partial charge >= 0.3 is 0 Å². The zero-order valence-electron chi connectivity index (χ0n) is 7.01. The van der Waals surface area contributed by atoms with Gasteiger partial charge in [0.25, 0.3) is 0 Å². The first-order chi connectivity index (χ1) is 6.36. The minimum Gasteiger partial charge on any atom is -0.348 e. The van der Waals surface area contributed by atoms with E-state index in [9.17, 15) is 0 Å². The maximum absolute atomic E-state index is 3.92. The molecule has 0 aliphatic carbocycles. The highest BCUT2D eigenvalue weighted by Gasteiger charge is 2.03. The molecule has 0 saturated heterocycles. The van der Waals surface area contributed by atoms with Crippen LogP contribution in [0.4, 0.5) is 0 Å². The molecule has 6 nitrogen and oxygen atoms in total. The third kappa shape index (κ3) is 1.86. The van der Waals surface area contributed by atoms with Gasteiger partial charge in [-0.2, -0.15) is 0 Å². The highest BCUT2D eigenvalue weighted by Crippen LogP contribution is 2.16. The molecule has 0 spiro atoms. The summed E-state index contributed by atoms with van der Waals surface area (Å²) in [6.45, 7) is 0. The molecule has 68 valence electrons. The standard InChI is InChI=1S/C6H8N6S/c1-12-6(9-10-11-12)13-3-5-2-7-4-8-5/h2,4H,3H2,1H3,(H,7,8). The molecular weight excluding hydrogens is 188 g/mol. The number of aromatic amines is 1. The molecule has 13 heavy (non-hydrogen) atoms. The summed E-state index contributed by atoms with van der Waals surface area (Å²) in [6, 6.07) is 0. The van der Waals surface area contributed by atoms with E-state index in [1.807, 2.05) is 7.05 Å². The van der Waals surface area contributed by atoms with Gasteiger partial charge in [0.2, 0.25) is 5.16 Å². The van der Waals surface area contributed by atoms with Gasteiger partial charge in [-0.25, -0.2) is 9.67 Å². The molecule has 0 bridgehead atoms. The number of hydrogen-bond donors (Lipinski definition) is 1. The van der Waals surface area contributed by atoms with Gasteiger partial charge in [0.05, 0.1) is 6.33 Å². The van der Waals surface area contributed by atoms with Crippen molar-refractivity contribution in [1.29, 1.82) is 0 Å². The summed E-state index contributed by atoms with van der Waals surface area (Å²) in [5.74, 6) is 0.800. The molecule has 2 rings (SSSR count). The van der Waals surface area contributed by atoms with Crippen LogP contribution in [-0.2, 0) is 12.8 Å². The Balaban J connectivity index is 1.97. The number of nitrogens with zero attached hydrogens (tertiary/aromatic N) is 5. The number of tetrazole rings is 1. The van der Waals surface area contributed by atoms with Gasteiger partial charge in [0, 0.05) is 24.7 Å². The number of aryl methyl sites for hydroxylation is 1. The Labute approximate surface area is 78.8 Å². The Bertz CT molecular complexity index is 366. The van der Waals surface area contributed by atoms with Crippen molar-refractivity contribution in [3.05, 3.63) is 18.2 Å². The zero-order chi connectivity index (χ0) is 9.10. The number of hydrogen-bond acceptors (Lipinski definition) is 5.